The molecule has 37 heavy (non-hydrogen) atoms. The van der Waals surface area contributed by atoms with Crippen LogP contribution >= 0.6 is 0 Å². The lowest BCUT2D eigenvalue weighted by molar-refractivity contribution is -0.173. The smallest absolute Gasteiger partial charge is 0.410 e. The molecule has 0 saturated heterocycles. The third-order valence-electron chi connectivity index (χ3n) is 6.22. The van der Waals surface area contributed by atoms with Crippen LogP contribution in [0.3, 0.4) is 0 Å². The number of fused-ring (bicyclic) bond motifs is 1. The van der Waals surface area contributed by atoms with E-state index < -0.39 is 30.3 Å². The van der Waals surface area contributed by atoms with E-state index in [0.29, 0.717) is 34.1 Å². The lowest BCUT2D eigenvalue weighted by Gasteiger charge is -2.34. The van der Waals surface area contributed by atoms with E-state index in [-0.39, 0.29) is 17.8 Å². The molecule has 9 nitrogen and oxygen atoms in total. The van der Waals surface area contributed by atoms with Crippen molar-refractivity contribution in [2.75, 3.05) is 32.0 Å². The quantitative estimate of drug-likeness (QED) is 0.408. The molecule has 1 aromatic heterocycles. The molecule has 2 heterocycles. The zero-order valence-electron chi connectivity index (χ0n) is 20.6. The van der Waals surface area contributed by atoms with Crippen LogP contribution in [0.4, 0.5) is 24.7 Å². The first-order chi connectivity index (χ1) is 17.6. The number of halogens is 3. The van der Waals surface area contributed by atoms with E-state index in [2.05, 4.69) is 15.7 Å². The summed E-state index contributed by atoms with van der Waals surface area (Å²) < 4.78 is 59.1. The fraction of sp³-hybridized carbons (Fsp3) is 0.360. The number of nitrogens with zero attached hydrogens (tertiary/aromatic N) is 2. The Morgan fingerprint density at radius 3 is 2.27 bits per heavy atom. The Balaban J connectivity index is 1.70. The number of alkyl halides is 3. The molecule has 0 fully saturated rings. The molecular formula is C25H27F3N4O5. The second-order valence-electron chi connectivity index (χ2n) is 8.55. The largest absolute Gasteiger partial charge is 0.493 e. The van der Waals surface area contributed by atoms with Gasteiger partial charge in [-0.3, -0.25) is 4.79 Å². The Hall–Kier alpha value is -3.93. The maximum Gasteiger partial charge on any atom is 0.410 e. The molecule has 0 bridgehead atoms. The minimum Gasteiger partial charge on any atom is -0.493 e. The molecule has 3 N–H and O–H groups in total. The van der Waals surface area contributed by atoms with Gasteiger partial charge in [-0.2, -0.15) is 18.3 Å². The SMILES string of the molecule is COc1cc([C@@H]2C[C@@H](C(F)(F)F)n3ncc(C(=O)Nc4ccc([C@H](C)O)cc4)c3N2)cc(OC)c1OC. The van der Waals surface area contributed by atoms with Gasteiger partial charge < -0.3 is 30.0 Å². The number of nitrogens with one attached hydrogen (secondary N) is 2. The summed E-state index contributed by atoms with van der Waals surface area (Å²) in [5.41, 5.74) is 1.48. The van der Waals surface area contributed by atoms with E-state index >= 15 is 0 Å². The van der Waals surface area contributed by atoms with Crippen LogP contribution in [0.25, 0.3) is 0 Å². The van der Waals surface area contributed by atoms with Crippen molar-refractivity contribution >= 4 is 17.4 Å². The molecular weight excluding hydrogens is 493 g/mol. The number of benzene rings is 2. The Bertz CT molecular complexity index is 1250. The van der Waals surface area contributed by atoms with E-state index in [0.717, 1.165) is 10.9 Å². The first-order valence-electron chi connectivity index (χ1n) is 11.4. The van der Waals surface area contributed by atoms with E-state index in [4.69, 9.17) is 14.2 Å². The number of amides is 1. The summed E-state index contributed by atoms with van der Waals surface area (Å²) in [6.45, 7) is 1.61. The van der Waals surface area contributed by atoms with Crippen molar-refractivity contribution < 1.29 is 37.3 Å². The number of ether oxygens (including phenoxy) is 3. The van der Waals surface area contributed by atoms with Crippen LogP contribution in [-0.4, -0.2) is 48.3 Å². The van der Waals surface area contributed by atoms with Crippen molar-refractivity contribution in [1.29, 1.82) is 0 Å². The second-order valence-corrected chi connectivity index (χ2v) is 8.55. The van der Waals surface area contributed by atoms with Crippen LogP contribution in [0.2, 0.25) is 0 Å². The van der Waals surface area contributed by atoms with Crippen molar-refractivity contribution in [3.8, 4) is 17.2 Å². The first-order valence-corrected chi connectivity index (χ1v) is 11.4. The molecule has 3 atom stereocenters. The number of aromatic nitrogens is 2. The number of hydrogen-bond acceptors (Lipinski definition) is 7. The van der Waals surface area contributed by atoms with E-state index in [1.165, 1.54) is 21.3 Å². The highest BCUT2D eigenvalue weighted by molar-refractivity contribution is 6.07. The van der Waals surface area contributed by atoms with E-state index in [9.17, 15) is 23.1 Å². The zero-order valence-corrected chi connectivity index (χ0v) is 20.6. The zero-order chi connectivity index (χ0) is 26.9. The highest BCUT2D eigenvalue weighted by atomic mass is 19.4. The Labute approximate surface area is 211 Å². The van der Waals surface area contributed by atoms with Crippen molar-refractivity contribution in [3.05, 3.63) is 59.3 Å². The molecule has 12 heteroatoms. The lowest BCUT2D eigenvalue weighted by Crippen LogP contribution is -2.36. The van der Waals surface area contributed by atoms with Crippen molar-refractivity contribution in [1.82, 2.24) is 9.78 Å². The molecule has 0 aliphatic carbocycles. The third-order valence-corrected chi connectivity index (χ3v) is 6.22. The van der Waals surface area contributed by atoms with Gasteiger partial charge in [0.05, 0.1) is 39.7 Å². The van der Waals surface area contributed by atoms with Crippen LogP contribution in [-0.2, 0) is 0 Å². The topological polar surface area (TPSA) is 107 Å². The number of aliphatic hydroxyl groups excluding tert-OH is 1. The summed E-state index contributed by atoms with van der Waals surface area (Å²) in [4.78, 5) is 13.1. The molecule has 4 rings (SSSR count). The van der Waals surface area contributed by atoms with Crippen LogP contribution in [0.1, 0.15) is 53.0 Å². The van der Waals surface area contributed by atoms with Crippen LogP contribution in [0.5, 0.6) is 17.2 Å². The van der Waals surface area contributed by atoms with Gasteiger partial charge in [0.25, 0.3) is 5.91 Å². The molecule has 198 valence electrons. The number of methoxy groups -OCH3 is 3. The van der Waals surface area contributed by atoms with Gasteiger partial charge in [0.15, 0.2) is 17.5 Å². The molecule has 0 saturated carbocycles. The Kier molecular flexibility index (Phi) is 7.21. The summed E-state index contributed by atoms with van der Waals surface area (Å²) in [6.07, 6.45) is -4.56. The average Bonchev–Trinajstić information content (AvgIpc) is 3.31. The molecule has 0 spiro atoms. The predicted octanol–water partition coefficient (Wildman–Crippen LogP) is 4.87. The van der Waals surface area contributed by atoms with Crippen molar-refractivity contribution in [3.63, 3.8) is 0 Å². The number of hydrogen-bond donors (Lipinski definition) is 3. The molecule has 0 radical (unpaired) electrons. The summed E-state index contributed by atoms with van der Waals surface area (Å²) in [5, 5.41) is 19.3. The molecule has 3 aromatic rings. The van der Waals surface area contributed by atoms with Gasteiger partial charge in [-0.1, -0.05) is 12.1 Å². The minimum absolute atomic E-state index is 0.0500. The van der Waals surface area contributed by atoms with Gasteiger partial charge >= 0.3 is 6.18 Å². The highest BCUT2D eigenvalue weighted by Crippen LogP contribution is 2.47. The third kappa shape index (κ3) is 5.15. The molecule has 1 aliphatic rings. The summed E-state index contributed by atoms with van der Waals surface area (Å²) in [5.74, 6) is 0.193. The minimum atomic E-state index is -4.62. The van der Waals surface area contributed by atoms with Gasteiger partial charge in [-0.25, -0.2) is 4.68 Å². The van der Waals surface area contributed by atoms with E-state index in [1.54, 1.807) is 43.3 Å². The maximum atomic E-state index is 14.1. The Morgan fingerprint density at radius 2 is 1.76 bits per heavy atom. The van der Waals surface area contributed by atoms with Gasteiger partial charge in [-0.15, -0.1) is 0 Å². The standard InChI is InChI=1S/C25H27F3N4O5/c1-13(33)14-5-7-16(8-6-14)30-24(34)17-12-29-32-21(25(26,27)28)11-18(31-23(17)32)15-9-19(35-2)22(37-4)20(10-15)36-3/h5-10,12-13,18,21,31,33H,11H2,1-4H3,(H,30,34)/t13-,18-,21-/m0/s1. The van der Waals surface area contributed by atoms with Crippen LogP contribution in [0, 0.1) is 0 Å². The first kappa shape index (κ1) is 26.1. The lowest BCUT2D eigenvalue weighted by atomic mass is 9.95. The molecule has 1 aliphatic heterocycles. The number of anilines is 2. The predicted molar refractivity (Wildman–Crippen MR) is 129 cm³/mol. The number of carbonyl (C=O) groups excluding carboxylic acids is 1. The summed E-state index contributed by atoms with van der Waals surface area (Å²) >= 11 is 0. The van der Waals surface area contributed by atoms with Crippen molar-refractivity contribution in [2.24, 2.45) is 0 Å². The molecule has 0 unspecified atom stereocenters. The van der Waals surface area contributed by atoms with Gasteiger partial charge in [0.2, 0.25) is 5.75 Å². The Morgan fingerprint density at radius 1 is 1.14 bits per heavy atom. The van der Waals surface area contributed by atoms with Crippen LogP contribution < -0.4 is 24.8 Å². The fourth-order valence-corrected chi connectivity index (χ4v) is 4.29. The van der Waals surface area contributed by atoms with Gasteiger partial charge in [0.1, 0.15) is 11.4 Å². The normalized spacial score (nSPS) is 17.8. The fourth-order valence-electron chi connectivity index (χ4n) is 4.29. The second kappa shape index (κ2) is 10.2. The number of carbonyl (C=O) groups is 1. The summed E-state index contributed by atoms with van der Waals surface area (Å²) in [7, 11) is 4.26. The summed E-state index contributed by atoms with van der Waals surface area (Å²) in [6, 6.07) is 6.81. The molecule has 1 amide bonds. The molecule has 2 aromatic carbocycles. The van der Waals surface area contributed by atoms with E-state index in [1.807, 2.05) is 0 Å². The average molecular weight is 521 g/mol. The van der Waals surface area contributed by atoms with Gasteiger partial charge in [-0.05, 0) is 42.3 Å². The maximum absolute atomic E-state index is 14.1. The number of rotatable bonds is 7. The number of aliphatic hydroxyl groups is 1. The van der Waals surface area contributed by atoms with Gasteiger partial charge in [0, 0.05) is 12.1 Å². The van der Waals surface area contributed by atoms with Crippen LogP contribution in [0.15, 0.2) is 42.6 Å². The highest BCUT2D eigenvalue weighted by Gasteiger charge is 2.47. The monoisotopic (exact) mass is 520 g/mol. The van der Waals surface area contributed by atoms with Crippen molar-refractivity contribution in [2.45, 2.75) is 37.7 Å².